The summed E-state index contributed by atoms with van der Waals surface area (Å²) in [7, 11) is -2.18. The Kier molecular flexibility index (Phi) is 6.24. The van der Waals surface area contributed by atoms with Gasteiger partial charge in [-0.25, -0.2) is 13.1 Å². The first-order valence-electron chi connectivity index (χ1n) is 7.59. The Morgan fingerprint density at radius 3 is 2.54 bits per heavy atom. The van der Waals surface area contributed by atoms with Gasteiger partial charge in [-0.2, -0.15) is 13.2 Å². The molecular formula is C15H21F3N2O3S. The average molecular weight is 366 g/mol. The summed E-state index contributed by atoms with van der Waals surface area (Å²) in [6.45, 7) is -0.211. The van der Waals surface area contributed by atoms with Crippen LogP contribution in [0.4, 0.5) is 13.2 Å². The lowest BCUT2D eigenvalue weighted by Gasteiger charge is -2.32. The number of nitrogens with one attached hydrogen (secondary N) is 1. The highest BCUT2D eigenvalue weighted by molar-refractivity contribution is 7.89. The van der Waals surface area contributed by atoms with E-state index in [4.69, 9.17) is 4.74 Å². The zero-order chi connectivity index (χ0) is 17.8. The van der Waals surface area contributed by atoms with E-state index in [1.165, 1.54) is 24.1 Å². The second-order valence-electron chi connectivity index (χ2n) is 5.87. The van der Waals surface area contributed by atoms with Gasteiger partial charge >= 0.3 is 6.18 Å². The van der Waals surface area contributed by atoms with Crippen LogP contribution in [0.2, 0.25) is 0 Å². The predicted octanol–water partition coefficient (Wildman–Crippen LogP) is 2.14. The molecule has 24 heavy (non-hydrogen) atoms. The van der Waals surface area contributed by atoms with E-state index in [1.54, 1.807) is 12.1 Å². The maximum atomic E-state index is 12.4. The van der Waals surface area contributed by atoms with Gasteiger partial charge in [-0.05, 0) is 43.6 Å². The van der Waals surface area contributed by atoms with Crippen molar-refractivity contribution in [2.75, 3.05) is 26.7 Å². The standard InChI is InChI=1S/C15H21F3N2O3S/c1-23-10-12-3-2-4-14(9-12)24(21,22)19-13-5-7-20(8-6-13)11-15(16,17)18/h2-4,9,13,19H,5-8,10-11H2,1H3. The lowest BCUT2D eigenvalue weighted by Crippen LogP contribution is -2.46. The Hall–Kier alpha value is -1.16. The van der Waals surface area contributed by atoms with E-state index in [9.17, 15) is 21.6 Å². The largest absolute Gasteiger partial charge is 0.401 e. The third-order valence-electron chi connectivity index (χ3n) is 3.83. The van der Waals surface area contributed by atoms with Crippen LogP contribution in [-0.4, -0.2) is 52.3 Å². The summed E-state index contributed by atoms with van der Waals surface area (Å²) in [6, 6.07) is 6.06. The minimum Gasteiger partial charge on any atom is -0.380 e. The van der Waals surface area contributed by atoms with Gasteiger partial charge in [0, 0.05) is 13.2 Å². The van der Waals surface area contributed by atoms with Gasteiger partial charge in [-0.1, -0.05) is 12.1 Å². The van der Waals surface area contributed by atoms with E-state index in [-0.39, 0.29) is 24.0 Å². The molecule has 0 saturated carbocycles. The number of rotatable bonds is 6. The summed E-state index contributed by atoms with van der Waals surface area (Å²) >= 11 is 0. The molecule has 1 saturated heterocycles. The van der Waals surface area contributed by atoms with E-state index in [0.717, 1.165) is 5.56 Å². The van der Waals surface area contributed by atoms with Crippen molar-refractivity contribution >= 4 is 10.0 Å². The predicted molar refractivity (Wildman–Crippen MR) is 83.0 cm³/mol. The van der Waals surface area contributed by atoms with Crippen molar-refractivity contribution in [1.29, 1.82) is 0 Å². The number of piperidine rings is 1. The minimum absolute atomic E-state index is 0.134. The van der Waals surface area contributed by atoms with Crippen molar-refractivity contribution in [2.24, 2.45) is 0 Å². The van der Waals surface area contributed by atoms with Gasteiger partial charge in [-0.3, -0.25) is 4.90 Å². The van der Waals surface area contributed by atoms with Crippen LogP contribution in [0, 0.1) is 0 Å². The molecular weight excluding hydrogens is 345 g/mol. The highest BCUT2D eigenvalue weighted by Crippen LogP contribution is 2.21. The quantitative estimate of drug-likeness (QED) is 0.838. The van der Waals surface area contributed by atoms with E-state index in [0.29, 0.717) is 19.4 Å². The monoisotopic (exact) mass is 366 g/mol. The number of benzene rings is 1. The number of hydrogen-bond donors (Lipinski definition) is 1. The molecule has 0 aromatic heterocycles. The second-order valence-corrected chi connectivity index (χ2v) is 7.58. The van der Waals surface area contributed by atoms with Crippen molar-refractivity contribution in [3.8, 4) is 0 Å². The molecule has 0 atom stereocenters. The second kappa shape index (κ2) is 7.81. The van der Waals surface area contributed by atoms with Crippen LogP contribution in [0.5, 0.6) is 0 Å². The van der Waals surface area contributed by atoms with E-state index in [2.05, 4.69) is 4.72 Å². The van der Waals surface area contributed by atoms with Crippen LogP contribution in [0.25, 0.3) is 0 Å². The van der Waals surface area contributed by atoms with Crippen LogP contribution in [0.1, 0.15) is 18.4 Å². The zero-order valence-corrected chi connectivity index (χ0v) is 14.2. The Labute approximate surface area is 139 Å². The lowest BCUT2D eigenvalue weighted by atomic mass is 10.1. The molecule has 136 valence electrons. The maximum Gasteiger partial charge on any atom is 0.401 e. The van der Waals surface area contributed by atoms with Gasteiger partial charge in [0.15, 0.2) is 0 Å². The summed E-state index contributed by atoms with van der Waals surface area (Å²) in [5, 5.41) is 0. The van der Waals surface area contributed by atoms with Crippen molar-refractivity contribution < 1.29 is 26.3 Å². The van der Waals surface area contributed by atoms with Gasteiger partial charge in [0.2, 0.25) is 10.0 Å². The van der Waals surface area contributed by atoms with Crippen LogP contribution in [-0.2, 0) is 21.4 Å². The van der Waals surface area contributed by atoms with E-state index < -0.39 is 22.7 Å². The van der Waals surface area contributed by atoms with Gasteiger partial charge in [0.25, 0.3) is 0 Å². The first-order chi connectivity index (χ1) is 11.2. The molecule has 5 nitrogen and oxygen atoms in total. The summed E-state index contributed by atoms with van der Waals surface area (Å²) in [6.07, 6.45) is -3.52. The number of likely N-dealkylation sites (tertiary alicyclic amines) is 1. The topological polar surface area (TPSA) is 58.6 Å². The van der Waals surface area contributed by atoms with Crippen molar-refractivity contribution in [3.05, 3.63) is 29.8 Å². The lowest BCUT2D eigenvalue weighted by molar-refractivity contribution is -0.148. The average Bonchev–Trinajstić information content (AvgIpc) is 2.48. The van der Waals surface area contributed by atoms with Crippen LogP contribution in [0.3, 0.4) is 0 Å². The maximum absolute atomic E-state index is 12.4. The summed E-state index contributed by atoms with van der Waals surface area (Å²) in [5.41, 5.74) is 0.736. The van der Waals surface area contributed by atoms with Crippen LogP contribution < -0.4 is 4.72 Å². The number of halogens is 3. The van der Waals surface area contributed by atoms with Crippen LogP contribution >= 0.6 is 0 Å². The smallest absolute Gasteiger partial charge is 0.380 e. The number of methoxy groups -OCH3 is 1. The normalized spacial score (nSPS) is 18.0. The van der Waals surface area contributed by atoms with Gasteiger partial charge in [0.1, 0.15) is 0 Å². The molecule has 2 rings (SSSR count). The molecule has 1 aliphatic rings. The number of alkyl halides is 3. The summed E-state index contributed by atoms with van der Waals surface area (Å²) in [4.78, 5) is 1.43. The zero-order valence-electron chi connectivity index (χ0n) is 13.3. The highest BCUT2D eigenvalue weighted by atomic mass is 32.2. The summed E-state index contributed by atoms with van der Waals surface area (Å²) < 4.78 is 69.5. The van der Waals surface area contributed by atoms with Crippen molar-refractivity contribution in [3.63, 3.8) is 0 Å². The third-order valence-corrected chi connectivity index (χ3v) is 5.35. The molecule has 0 spiro atoms. The Balaban J connectivity index is 1.95. The van der Waals surface area contributed by atoms with Gasteiger partial charge in [0.05, 0.1) is 18.0 Å². The molecule has 0 amide bonds. The molecule has 9 heteroatoms. The van der Waals surface area contributed by atoms with Crippen molar-refractivity contribution in [2.45, 2.75) is 36.6 Å². The molecule has 1 N–H and O–H groups in total. The number of hydrogen-bond acceptors (Lipinski definition) is 4. The molecule has 1 heterocycles. The first-order valence-corrected chi connectivity index (χ1v) is 9.07. The SMILES string of the molecule is COCc1cccc(S(=O)(=O)NC2CCN(CC(F)(F)F)CC2)c1. The van der Waals surface area contributed by atoms with E-state index >= 15 is 0 Å². The van der Waals surface area contributed by atoms with Crippen LogP contribution in [0.15, 0.2) is 29.2 Å². The molecule has 1 aromatic carbocycles. The van der Waals surface area contributed by atoms with Gasteiger partial charge in [-0.15, -0.1) is 0 Å². The number of nitrogens with zero attached hydrogens (tertiary/aromatic N) is 1. The highest BCUT2D eigenvalue weighted by Gasteiger charge is 2.33. The molecule has 0 bridgehead atoms. The fourth-order valence-corrected chi connectivity index (χ4v) is 4.09. The first kappa shape index (κ1) is 19.2. The Morgan fingerprint density at radius 2 is 1.96 bits per heavy atom. The van der Waals surface area contributed by atoms with Crippen molar-refractivity contribution in [1.82, 2.24) is 9.62 Å². The summed E-state index contributed by atoms with van der Waals surface area (Å²) in [5.74, 6) is 0. The molecule has 0 unspecified atom stereocenters. The number of sulfonamides is 1. The molecule has 1 aliphatic heterocycles. The fraction of sp³-hybridized carbons (Fsp3) is 0.600. The fourth-order valence-electron chi connectivity index (χ4n) is 2.72. The Bertz CT molecular complexity index is 642. The molecule has 1 fully saturated rings. The van der Waals surface area contributed by atoms with Gasteiger partial charge < -0.3 is 4.74 Å². The van der Waals surface area contributed by atoms with E-state index in [1.807, 2.05) is 0 Å². The third kappa shape index (κ3) is 5.73. The Morgan fingerprint density at radius 1 is 1.29 bits per heavy atom. The molecule has 0 aliphatic carbocycles. The molecule has 0 radical (unpaired) electrons. The minimum atomic E-state index is -4.23. The molecule has 1 aromatic rings. The number of ether oxygens (including phenoxy) is 1.